The van der Waals surface area contributed by atoms with Crippen molar-refractivity contribution in [2.45, 2.75) is 4.90 Å². The van der Waals surface area contributed by atoms with Crippen molar-refractivity contribution in [3.05, 3.63) is 23.8 Å². The van der Waals surface area contributed by atoms with E-state index < -0.39 is 6.09 Å². The topological polar surface area (TPSA) is 73.1 Å². The first-order valence-electron chi connectivity index (χ1n) is 3.76. The lowest BCUT2D eigenvalue weighted by molar-refractivity contribution is 0.209. The zero-order valence-electron chi connectivity index (χ0n) is 7.44. The molecule has 1 amide bonds. The number of nitriles is 1. The predicted molar refractivity (Wildman–Crippen MR) is 54.6 cm³/mol. The fourth-order valence-electron chi connectivity index (χ4n) is 1.03. The summed E-state index contributed by atoms with van der Waals surface area (Å²) < 4.78 is 0. The molecule has 0 aliphatic heterocycles. The van der Waals surface area contributed by atoms with E-state index in [0.717, 1.165) is 4.90 Å². The molecule has 72 valence electrons. The van der Waals surface area contributed by atoms with E-state index in [1.54, 1.807) is 18.2 Å². The lowest BCUT2D eigenvalue weighted by Gasteiger charge is -2.07. The van der Waals surface area contributed by atoms with Gasteiger partial charge in [-0.25, -0.2) is 4.79 Å². The van der Waals surface area contributed by atoms with Crippen LogP contribution in [-0.4, -0.2) is 17.5 Å². The number of amides is 1. The van der Waals surface area contributed by atoms with Gasteiger partial charge in [-0.2, -0.15) is 5.26 Å². The van der Waals surface area contributed by atoms with Gasteiger partial charge in [-0.15, -0.1) is 11.8 Å². The summed E-state index contributed by atoms with van der Waals surface area (Å²) in [5.74, 6) is 0. The van der Waals surface area contributed by atoms with Crippen LogP contribution in [0.1, 0.15) is 5.56 Å². The highest BCUT2D eigenvalue weighted by Gasteiger charge is 2.09. The standard InChI is InChI=1S/C9H8N2O2S/c1-14-7-4-2-3-6(5-10)8(7)11-9(12)13/h2-4,11H,1H3,(H,12,13). The van der Waals surface area contributed by atoms with Gasteiger partial charge in [-0.05, 0) is 18.4 Å². The molecule has 0 radical (unpaired) electrons. The molecule has 0 saturated carbocycles. The van der Waals surface area contributed by atoms with Gasteiger partial charge in [0.2, 0.25) is 0 Å². The number of carboxylic acid groups (broad SMARTS) is 1. The zero-order valence-corrected chi connectivity index (χ0v) is 8.26. The second-order valence-electron chi connectivity index (χ2n) is 2.42. The van der Waals surface area contributed by atoms with Gasteiger partial charge < -0.3 is 5.11 Å². The Morgan fingerprint density at radius 1 is 1.64 bits per heavy atom. The molecule has 4 nitrogen and oxygen atoms in total. The molecule has 0 aromatic heterocycles. The highest BCUT2D eigenvalue weighted by atomic mass is 32.2. The summed E-state index contributed by atoms with van der Waals surface area (Å²) in [6.07, 6.45) is 0.659. The molecule has 0 spiro atoms. The van der Waals surface area contributed by atoms with E-state index in [-0.39, 0.29) is 0 Å². The number of hydrogen-bond donors (Lipinski definition) is 2. The molecular formula is C9H8N2O2S. The van der Waals surface area contributed by atoms with Gasteiger partial charge >= 0.3 is 6.09 Å². The number of nitrogens with one attached hydrogen (secondary N) is 1. The van der Waals surface area contributed by atoms with Crippen molar-refractivity contribution >= 4 is 23.5 Å². The summed E-state index contributed by atoms with van der Waals surface area (Å²) in [4.78, 5) is 11.2. The number of nitrogens with zero attached hydrogens (tertiary/aromatic N) is 1. The highest BCUT2D eigenvalue weighted by Crippen LogP contribution is 2.28. The van der Waals surface area contributed by atoms with Crippen molar-refractivity contribution in [3.8, 4) is 6.07 Å². The minimum atomic E-state index is -1.16. The maximum atomic E-state index is 10.5. The molecule has 1 aromatic rings. The third-order valence-corrected chi connectivity index (χ3v) is 2.38. The molecule has 2 N–H and O–H groups in total. The van der Waals surface area contributed by atoms with Crippen LogP contribution in [-0.2, 0) is 0 Å². The predicted octanol–water partition coefficient (Wildman–Crippen LogP) is 2.37. The molecule has 0 aliphatic rings. The highest BCUT2D eigenvalue weighted by molar-refractivity contribution is 7.98. The summed E-state index contributed by atoms with van der Waals surface area (Å²) in [6.45, 7) is 0. The lowest BCUT2D eigenvalue weighted by atomic mass is 10.2. The van der Waals surface area contributed by atoms with Crippen LogP contribution in [0.25, 0.3) is 0 Å². The maximum Gasteiger partial charge on any atom is 0.409 e. The van der Waals surface area contributed by atoms with Crippen molar-refractivity contribution in [3.63, 3.8) is 0 Å². The third kappa shape index (κ3) is 2.18. The summed E-state index contributed by atoms with van der Waals surface area (Å²) in [6, 6.07) is 6.99. The van der Waals surface area contributed by atoms with Crippen molar-refractivity contribution in [1.82, 2.24) is 0 Å². The van der Waals surface area contributed by atoms with Crippen LogP contribution in [0.3, 0.4) is 0 Å². The zero-order chi connectivity index (χ0) is 10.6. The Kier molecular flexibility index (Phi) is 3.37. The first-order chi connectivity index (χ1) is 6.69. The number of thioether (sulfide) groups is 1. The van der Waals surface area contributed by atoms with Crippen LogP contribution in [0.15, 0.2) is 23.1 Å². The van der Waals surface area contributed by atoms with Gasteiger partial charge in [0, 0.05) is 4.90 Å². The van der Waals surface area contributed by atoms with Crippen LogP contribution >= 0.6 is 11.8 Å². The summed E-state index contributed by atoms with van der Waals surface area (Å²) >= 11 is 1.39. The molecule has 0 fully saturated rings. The molecule has 1 rings (SSSR count). The number of para-hydroxylation sites is 1. The van der Waals surface area contributed by atoms with Crippen LogP contribution in [0, 0.1) is 11.3 Å². The Hall–Kier alpha value is -1.67. The first-order valence-corrected chi connectivity index (χ1v) is 4.98. The number of carbonyl (C=O) groups is 1. The van der Waals surface area contributed by atoms with E-state index in [0.29, 0.717) is 11.3 Å². The molecular weight excluding hydrogens is 200 g/mol. The lowest BCUT2D eigenvalue weighted by Crippen LogP contribution is -2.09. The number of anilines is 1. The molecule has 0 bridgehead atoms. The fourth-order valence-corrected chi connectivity index (χ4v) is 1.61. The van der Waals surface area contributed by atoms with Crippen LogP contribution in [0.2, 0.25) is 0 Å². The Labute approximate surface area is 85.5 Å². The second-order valence-corrected chi connectivity index (χ2v) is 3.27. The fraction of sp³-hybridized carbons (Fsp3) is 0.111. The Morgan fingerprint density at radius 2 is 2.36 bits per heavy atom. The summed E-state index contributed by atoms with van der Waals surface area (Å²) in [5, 5.41) is 19.6. The van der Waals surface area contributed by atoms with E-state index in [9.17, 15) is 4.79 Å². The number of rotatable bonds is 2. The molecule has 5 heteroatoms. The molecule has 0 heterocycles. The molecule has 0 unspecified atom stereocenters. The maximum absolute atomic E-state index is 10.5. The molecule has 0 aliphatic carbocycles. The second kappa shape index (κ2) is 4.53. The first kappa shape index (κ1) is 10.4. The summed E-state index contributed by atoms with van der Waals surface area (Å²) in [7, 11) is 0. The van der Waals surface area contributed by atoms with Crippen LogP contribution < -0.4 is 5.32 Å². The third-order valence-electron chi connectivity index (χ3n) is 1.60. The largest absolute Gasteiger partial charge is 0.465 e. The Balaban J connectivity index is 3.20. The summed E-state index contributed by atoms with van der Waals surface area (Å²) in [5.41, 5.74) is 0.689. The monoisotopic (exact) mass is 208 g/mol. The molecule has 0 atom stereocenters. The molecule has 14 heavy (non-hydrogen) atoms. The smallest absolute Gasteiger partial charge is 0.409 e. The van der Waals surface area contributed by atoms with E-state index >= 15 is 0 Å². The van der Waals surface area contributed by atoms with Gasteiger partial charge in [0.05, 0.1) is 11.3 Å². The molecule has 0 saturated heterocycles. The number of benzene rings is 1. The minimum absolute atomic E-state index is 0.333. The van der Waals surface area contributed by atoms with E-state index in [4.69, 9.17) is 10.4 Å². The van der Waals surface area contributed by atoms with Gasteiger partial charge in [0.25, 0.3) is 0 Å². The van der Waals surface area contributed by atoms with Gasteiger partial charge in [0.15, 0.2) is 0 Å². The average molecular weight is 208 g/mol. The van der Waals surface area contributed by atoms with Gasteiger partial charge in [-0.1, -0.05) is 6.07 Å². The average Bonchev–Trinajstić information content (AvgIpc) is 2.17. The van der Waals surface area contributed by atoms with Crippen LogP contribution in [0.5, 0.6) is 0 Å². The van der Waals surface area contributed by atoms with Crippen molar-refractivity contribution < 1.29 is 9.90 Å². The minimum Gasteiger partial charge on any atom is -0.465 e. The van der Waals surface area contributed by atoms with Crippen molar-refractivity contribution in [1.29, 1.82) is 5.26 Å². The Bertz CT molecular complexity index is 398. The van der Waals surface area contributed by atoms with E-state index in [2.05, 4.69) is 5.32 Å². The molecule has 1 aromatic carbocycles. The van der Waals surface area contributed by atoms with Crippen molar-refractivity contribution in [2.75, 3.05) is 11.6 Å². The van der Waals surface area contributed by atoms with Crippen molar-refractivity contribution in [2.24, 2.45) is 0 Å². The number of hydrogen-bond acceptors (Lipinski definition) is 3. The SMILES string of the molecule is CSc1cccc(C#N)c1NC(=O)O. The quantitative estimate of drug-likeness (QED) is 0.732. The van der Waals surface area contributed by atoms with Gasteiger partial charge in [0.1, 0.15) is 6.07 Å². The Morgan fingerprint density at radius 3 is 2.86 bits per heavy atom. The van der Waals surface area contributed by atoms with E-state index in [1.807, 2.05) is 12.3 Å². The van der Waals surface area contributed by atoms with E-state index in [1.165, 1.54) is 11.8 Å². The van der Waals surface area contributed by atoms with Gasteiger partial charge in [-0.3, -0.25) is 5.32 Å². The van der Waals surface area contributed by atoms with Crippen LogP contribution in [0.4, 0.5) is 10.5 Å². The normalized spacial score (nSPS) is 9.14.